The molecule has 9 heteroatoms. The molecule has 0 aliphatic carbocycles. The van der Waals surface area contributed by atoms with E-state index in [4.69, 9.17) is 4.74 Å². The van der Waals surface area contributed by atoms with Crippen LogP contribution in [0.1, 0.15) is 12.6 Å². The summed E-state index contributed by atoms with van der Waals surface area (Å²) < 4.78 is 7.39. The summed E-state index contributed by atoms with van der Waals surface area (Å²) in [6.45, 7) is 4.60. The quantitative estimate of drug-likeness (QED) is 0.623. The average molecular weight is 390 g/mol. The van der Waals surface area contributed by atoms with Gasteiger partial charge in [0.2, 0.25) is 5.91 Å². The summed E-state index contributed by atoms with van der Waals surface area (Å²) in [7, 11) is 1.63. The van der Waals surface area contributed by atoms with Gasteiger partial charge in [0.1, 0.15) is 5.75 Å². The second-order valence-corrected chi connectivity index (χ2v) is 7.18. The van der Waals surface area contributed by atoms with Crippen LogP contribution in [0.25, 0.3) is 11.4 Å². The molecule has 0 bridgehead atoms. The minimum Gasteiger partial charge on any atom is -0.496 e. The number of aromatic nitrogens is 4. The first-order valence-corrected chi connectivity index (χ1v) is 9.90. The van der Waals surface area contributed by atoms with Gasteiger partial charge in [-0.05, 0) is 26.0 Å². The van der Waals surface area contributed by atoms with Gasteiger partial charge in [-0.25, -0.2) is 4.98 Å². The lowest BCUT2D eigenvalue weighted by atomic mass is 10.2. The van der Waals surface area contributed by atoms with Gasteiger partial charge in [-0.1, -0.05) is 23.9 Å². The van der Waals surface area contributed by atoms with Crippen molar-refractivity contribution in [2.45, 2.75) is 25.5 Å². The largest absolute Gasteiger partial charge is 0.496 e. The normalized spacial score (nSPS) is 10.7. The molecule has 136 valence electrons. The highest BCUT2D eigenvalue weighted by atomic mass is 32.2. The lowest BCUT2D eigenvalue weighted by molar-refractivity contribution is -0.113. The number of para-hydroxylation sites is 1. The van der Waals surface area contributed by atoms with Crippen LogP contribution in [0.15, 0.2) is 34.8 Å². The standard InChI is InChI=1S/C17H19N5O2S2/c1-4-22-15(12-7-5-6-8-13(12)24-3)20-21-17(22)26-10-14(23)19-16-18-11(2)9-25-16/h5-9H,4,10H2,1-3H3,(H,18,19,23). The fraction of sp³-hybridized carbons (Fsp3) is 0.294. The van der Waals surface area contributed by atoms with Crippen molar-refractivity contribution in [3.05, 3.63) is 35.3 Å². The summed E-state index contributed by atoms with van der Waals surface area (Å²) in [5, 5.41) is 14.6. The SMILES string of the molecule is CCn1c(SCC(=O)Nc2nc(C)cs2)nnc1-c1ccccc1OC. The molecule has 0 unspecified atom stereocenters. The molecule has 2 heterocycles. The molecule has 1 amide bonds. The number of hydrogen-bond donors (Lipinski definition) is 1. The summed E-state index contributed by atoms with van der Waals surface area (Å²) in [5.74, 6) is 1.59. The maximum absolute atomic E-state index is 12.1. The zero-order valence-corrected chi connectivity index (χ0v) is 16.4. The van der Waals surface area contributed by atoms with Crippen molar-refractivity contribution in [1.29, 1.82) is 0 Å². The molecule has 2 aromatic heterocycles. The van der Waals surface area contributed by atoms with Crippen LogP contribution in [-0.4, -0.2) is 38.5 Å². The molecule has 7 nitrogen and oxygen atoms in total. The molecule has 0 spiro atoms. The Hall–Kier alpha value is -2.39. The summed E-state index contributed by atoms with van der Waals surface area (Å²) in [6.07, 6.45) is 0. The van der Waals surface area contributed by atoms with Crippen LogP contribution in [0, 0.1) is 6.92 Å². The number of ether oxygens (including phenoxy) is 1. The molecular formula is C17H19N5O2S2. The Kier molecular flexibility index (Phi) is 5.89. The highest BCUT2D eigenvalue weighted by Crippen LogP contribution is 2.30. The molecule has 1 aromatic carbocycles. The number of carbonyl (C=O) groups excluding carboxylic acids is 1. The van der Waals surface area contributed by atoms with Crippen LogP contribution in [0.4, 0.5) is 5.13 Å². The predicted octanol–water partition coefficient (Wildman–Crippen LogP) is 3.47. The van der Waals surface area contributed by atoms with Gasteiger partial charge in [-0.2, -0.15) is 0 Å². The van der Waals surface area contributed by atoms with Crippen molar-refractivity contribution < 1.29 is 9.53 Å². The van der Waals surface area contributed by atoms with E-state index in [1.165, 1.54) is 23.1 Å². The first-order valence-electron chi connectivity index (χ1n) is 8.03. The number of anilines is 1. The van der Waals surface area contributed by atoms with Gasteiger partial charge >= 0.3 is 0 Å². The number of methoxy groups -OCH3 is 1. The van der Waals surface area contributed by atoms with Gasteiger partial charge in [0.05, 0.1) is 24.1 Å². The lowest BCUT2D eigenvalue weighted by Gasteiger charge is -2.10. The molecule has 0 saturated carbocycles. The number of hydrogen-bond acceptors (Lipinski definition) is 7. The molecule has 1 N–H and O–H groups in total. The smallest absolute Gasteiger partial charge is 0.236 e. The van der Waals surface area contributed by atoms with Crippen LogP contribution >= 0.6 is 23.1 Å². The zero-order chi connectivity index (χ0) is 18.5. The van der Waals surface area contributed by atoms with E-state index in [0.29, 0.717) is 16.8 Å². The highest BCUT2D eigenvalue weighted by Gasteiger charge is 2.17. The van der Waals surface area contributed by atoms with Gasteiger partial charge in [-0.3, -0.25) is 4.79 Å². The van der Waals surface area contributed by atoms with Crippen LogP contribution in [-0.2, 0) is 11.3 Å². The van der Waals surface area contributed by atoms with Gasteiger partial charge in [-0.15, -0.1) is 21.5 Å². The Morgan fingerprint density at radius 2 is 2.15 bits per heavy atom. The van der Waals surface area contributed by atoms with Crippen molar-refractivity contribution in [3.63, 3.8) is 0 Å². The van der Waals surface area contributed by atoms with Crippen molar-refractivity contribution >= 4 is 34.1 Å². The topological polar surface area (TPSA) is 81.9 Å². The summed E-state index contributed by atoms with van der Waals surface area (Å²) in [4.78, 5) is 16.4. The molecular weight excluding hydrogens is 370 g/mol. The Labute approximate surface area is 159 Å². The van der Waals surface area contributed by atoms with E-state index in [0.717, 1.165) is 22.8 Å². The van der Waals surface area contributed by atoms with Crippen LogP contribution in [0.5, 0.6) is 5.75 Å². The van der Waals surface area contributed by atoms with E-state index in [-0.39, 0.29) is 11.7 Å². The molecule has 3 rings (SSSR count). The Morgan fingerprint density at radius 1 is 1.35 bits per heavy atom. The molecule has 0 aliphatic rings. The van der Waals surface area contributed by atoms with Crippen molar-refractivity contribution in [3.8, 4) is 17.1 Å². The molecule has 0 fully saturated rings. The Morgan fingerprint density at radius 3 is 2.85 bits per heavy atom. The van der Waals surface area contributed by atoms with E-state index >= 15 is 0 Å². The lowest BCUT2D eigenvalue weighted by Crippen LogP contribution is -2.14. The van der Waals surface area contributed by atoms with Crippen LogP contribution in [0.2, 0.25) is 0 Å². The number of amides is 1. The summed E-state index contributed by atoms with van der Waals surface area (Å²) in [6, 6.07) is 7.68. The predicted molar refractivity (Wildman–Crippen MR) is 104 cm³/mol. The molecule has 3 aromatic rings. The van der Waals surface area contributed by atoms with E-state index in [2.05, 4.69) is 20.5 Å². The number of nitrogens with zero attached hydrogens (tertiary/aromatic N) is 4. The second kappa shape index (κ2) is 8.33. The first-order chi connectivity index (χ1) is 12.6. The molecule has 0 aliphatic heterocycles. The summed E-state index contributed by atoms with van der Waals surface area (Å²) in [5.41, 5.74) is 1.77. The molecule has 0 atom stereocenters. The minimum absolute atomic E-state index is 0.117. The number of carbonyl (C=O) groups is 1. The highest BCUT2D eigenvalue weighted by molar-refractivity contribution is 7.99. The number of thiazole rings is 1. The van der Waals surface area contributed by atoms with E-state index in [1.807, 2.05) is 48.1 Å². The van der Waals surface area contributed by atoms with Crippen molar-refractivity contribution in [2.75, 3.05) is 18.2 Å². The maximum atomic E-state index is 12.1. The maximum Gasteiger partial charge on any atom is 0.236 e. The number of rotatable bonds is 7. The third-order valence-electron chi connectivity index (χ3n) is 3.58. The average Bonchev–Trinajstić information content (AvgIpc) is 3.25. The molecule has 0 radical (unpaired) electrons. The number of nitrogens with one attached hydrogen (secondary N) is 1. The minimum atomic E-state index is -0.117. The van der Waals surface area contributed by atoms with E-state index in [1.54, 1.807) is 7.11 Å². The Bertz CT molecular complexity index is 906. The Balaban J connectivity index is 1.73. The fourth-order valence-electron chi connectivity index (χ4n) is 2.41. The number of thioether (sulfide) groups is 1. The van der Waals surface area contributed by atoms with Crippen molar-refractivity contribution in [1.82, 2.24) is 19.7 Å². The zero-order valence-electron chi connectivity index (χ0n) is 14.7. The number of benzene rings is 1. The van der Waals surface area contributed by atoms with Gasteiger partial charge in [0.15, 0.2) is 16.1 Å². The monoisotopic (exact) mass is 389 g/mol. The molecule has 26 heavy (non-hydrogen) atoms. The third kappa shape index (κ3) is 4.05. The molecule has 0 saturated heterocycles. The van der Waals surface area contributed by atoms with E-state index < -0.39 is 0 Å². The third-order valence-corrected chi connectivity index (χ3v) is 5.42. The first kappa shape index (κ1) is 18.4. The van der Waals surface area contributed by atoms with Crippen molar-refractivity contribution in [2.24, 2.45) is 0 Å². The summed E-state index contributed by atoms with van der Waals surface area (Å²) >= 11 is 2.76. The second-order valence-electron chi connectivity index (χ2n) is 5.38. The fourth-order valence-corrected chi connectivity index (χ4v) is 3.91. The van der Waals surface area contributed by atoms with Gasteiger partial charge in [0, 0.05) is 11.9 Å². The van der Waals surface area contributed by atoms with Gasteiger partial charge in [0.25, 0.3) is 0 Å². The number of aryl methyl sites for hydroxylation is 1. The van der Waals surface area contributed by atoms with E-state index in [9.17, 15) is 4.79 Å². The van der Waals surface area contributed by atoms with Crippen LogP contribution < -0.4 is 10.1 Å². The van der Waals surface area contributed by atoms with Crippen LogP contribution in [0.3, 0.4) is 0 Å². The van der Waals surface area contributed by atoms with Gasteiger partial charge < -0.3 is 14.6 Å².